The maximum Gasteiger partial charge on any atom is 0.335 e. The van der Waals surface area contributed by atoms with Crippen molar-refractivity contribution in [1.29, 1.82) is 0 Å². The van der Waals surface area contributed by atoms with Gasteiger partial charge >= 0.3 is 5.97 Å². The van der Waals surface area contributed by atoms with Gasteiger partial charge in [0, 0.05) is 5.69 Å². The van der Waals surface area contributed by atoms with Crippen LogP contribution in [0.4, 0.5) is 5.69 Å². The Bertz CT molecular complexity index is 552. The standard InChI is InChI=1S/C13H11NO3/c1-2-3-6-14-11-7-10(13(16)17)5-4-9(11)8-12(14)15/h4-5,7H,6,8H2,1H3,(H,16,17). The SMILES string of the molecule is CC#CCN1C(=O)Cc2ccc(C(=O)O)cc21. The minimum absolute atomic E-state index is 0.0368. The molecule has 0 fully saturated rings. The van der Waals surface area contributed by atoms with E-state index >= 15 is 0 Å². The van der Waals surface area contributed by atoms with Crippen LogP contribution in [0.1, 0.15) is 22.8 Å². The number of amides is 1. The summed E-state index contributed by atoms with van der Waals surface area (Å²) in [7, 11) is 0. The lowest BCUT2D eigenvalue weighted by Gasteiger charge is -2.14. The monoisotopic (exact) mass is 229 g/mol. The molecule has 1 N–H and O–H groups in total. The number of aromatic carboxylic acids is 1. The summed E-state index contributed by atoms with van der Waals surface area (Å²) in [5.41, 5.74) is 1.71. The highest BCUT2D eigenvalue weighted by molar-refractivity contribution is 6.03. The molecule has 0 spiro atoms. The highest BCUT2D eigenvalue weighted by Gasteiger charge is 2.27. The summed E-state index contributed by atoms with van der Waals surface area (Å²) in [5, 5.41) is 8.91. The molecule has 4 heteroatoms. The van der Waals surface area contributed by atoms with Gasteiger partial charge in [0.2, 0.25) is 5.91 Å². The van der Waals surface area contributed by atoms with Crippen molar-refractivity contribution >= 4 is 17.6 Å². The molecule has 1 aromatic rings. The Kier molecular flexibility index (Phi) is 2.84. The summed E-state index contributed by atoms with van der Waals surface area (Å²) in [4.78, 5) is 24.1. The molecule has 0 aliphatic carbocycles. The molecule has 17 heavy (non-hydrogen) atoms. The van der Waals surface area contributed by atoms with Crippen LogP contribution in [0.15, 0.2) is 18.2 Å². The van der Waals surface area contributed by atoms with Crippen molar-refractivity contribution in [3.63, 3.8) is 0 Å². The summed E-state index contributed by atoms with van der Waals surface area (Å²) in [5.74, 6) is 4.51. The second-order valence-corrected chi connectivity index (χ2v) is 3.73. The van der Waals surface area contributed by atoms with Gasteiger partial charge in [0.1, 0.15) is 0 Å². The Labute approximate surface area is 98.9 Å². The average molecular weight is 229 g/mol. The minimum atomic E-state index is -0.992. The molecule has 1 heterocycles. The van der Waals surface area contributed by atoms with Crippen LogP contribution in [0.25, 0.3) is 0 Å². The molecule has 1 aromatic carbocycles. The molecule has 0 radical (unpaired) electrons. The van der Waals surface area contributed by atoms with Crippen LogP contribution in [0.2, 0.25) is 0 Å². The van der Waals surface area contributed by atoms with E-state index in [1.165, 1.54) is 17.0 Å². The van der Waals surface area contributed by atoms with E-state index in [4.69, 9.17) is 5.11 Å². The average Bonchev–Trinajstić information content (AvgIpc) is 2.61. The van der Waals surface area contributed by atoms with Gasteiger partial charge in [-0.15, -0.1) is 5.92 Å². The molecule has 0 atom stereocenters. The van der Waals surface area contributed by atoms with Crippen molar-refractivity contribution in [3.05, 3.63) is 29.3 Å². The smallest absolute Gasteiger partial charge is 0.335 e. The molecule has 0 saturated heterocycles. The van der Waals surface area contributed by atoms with Crippen LogP contribution in [-0.2, 0) is 11.2 Å². The van der Waals surface area contributed by atoms with E-state index in [1.807, 2.05) is 0 Å². The number of hydrogen-bond donors (Lipinski definition) is 1. The van der Waals surface area contributed by atoms with Gasteiger partial charge in [-0.05, 0) is 24.6 Å². The molecular formula is C13H11NO3. The van der Waals surface area contributed by atoms with E-state index in [0.29, 0.717) is 18.7 Å². The van der Waals surface area contributed by atoms with Crippen molar-refractivity contribution < 1.29 is 14.7 Å². The fourth-order valence-corrected chi connectivity index (χ4v) is 1.82. The summed E-state index contributed by atoms with van der Waals surface area (Å²) in [6.45, 7) is 2.01. The van der Waals surface area contributed by atoms with Gasteiger partial charge < -0.3 is 10.0 Å². The second-order valence-electron chi connectivity index (χ2n) is 3.73. The predicted octanol–water partition coefficient (Wildman–Crippen LogP) is 1.30. The molecule has 0 saturated carbocycles. The molecule has 2 rings (SSSR count). The van der Waals surface area contributed by atoms with Gasteiger partial charge in [-0.2, -0.15) is 0 Å². The first-order valence-electron chi connectivity index (χ1n) is 5.19. The molecule has 4 nitrogen and oxygen atoms in total. The molecule has 1 amide bonds. The number of carbonyl (C=O) groups excluding carboxylic acids is 1. The van der Waals surface area contributed by atoms with E-state index < -0.39 is 5.97 Å². The Morgan fingerprint density at radius 1 is 1.53 bits per heavy atom. The Balaban J connectivity index is 2.41. The maximum absolute atomic E-state index is 11.7. The molecular weight excluding hydrogens is 218 g/mol. The van der Waals surface area contributed by atoms with E-state index in [0.717, 1.165) is 5.56 Å². The summed E-state index contributed by atoms with van der Waals surface area (Å²) >= 11 is 0. The topological polar surface area (TPSA) is 57.6 Å². The first-order valence-corrected chi connectivity index (χ1v) is 5.19. The van der Waals surface area contributed by atoms with Gasteiger partial charge in [0.05, 0.1) is 18.5 Å². The number of hydrogen-bond acceptors (Lipinski definition) is 2. The summed E-state index contributed by atoms with van der Waals surface area (Å²) < 4.78 is 0. The molecule has 86 valence electrons. The lowest BCUT2D eigenvalue weighted by Crippen LogP contribution is -2.27. The number of carboxylic acids is 1. The van der Waals surface area contributed by atoms with Crippen LogP contribution < -0.4 is 4.90 Å². The van der Waals surface area contributed by atoms with Gasteiger partial charge in [0.15, 0.2) is 0 Å². The van der Waals surface area contributed by atoms with E-state index in [2.05, 4.69) is 11.8 Å². The zero-order chi connectivity index (χ0) is 12.4. The fourth-order valence-electron chi connectivity index (χ4n) is 1.82. The normalized spacial score (nSPS) is 13.0. The van der Waals surface area contributed by atoms with E-state index in [1.54, 1.807) is 13.0 Å². The molecule has 1 aliphatic heterocycles. The number of benzene rings is 1. The Hall–Kier alpha value is -2.28. The molecule has 0 unspecified atom stereocenters. The Morgan fingerprint density at radius 2 is 2.29 bits per heavy atom. The Morgan fingerprint density at radius 3 is 2.94 bits per heavy atom. The zero-order valence-corrected chi connectivity index (χ0v) is 9.36. The third kappa shape index (κ3) is 2.00. The maximum atomic E-state index is 11.7. The van der Waals surface area contributed by atoms with Crippen LogP contribution in [0.5, 0.6) is 0 Å². The van der Waals surface area contributed by atoms with Gasteiger partial charge in [-0.1, -0.05) is 12.0 Å². The number of carbonyl (C=O) groups is 2. The van der Waals surface area contributed by atoms with E-state index in [-0.39, 0.29) is 11.5 Å². The van der Waals surface area contributed by atoms with Gasteiger partial charge in [0.25, 0.3) is 0 Å². The minimum Gasteiger partial charge on any atom is -0.478 e. The number of rotatable bonds is 2. The summed E-state index contributed by atoms with van der Waals surface area (Å²) in [6, 6.07) is 4.74. The fraction of sp³-hybridized carbons (Fsp3) is 0.231. The number of nitrogens with zero attached hydrogens (tertiary/aromatic N) is 1. The van der Waals surface area contributed by atoms with Crippen molar-refractivity contribution in [2.24, 2.45) is 0 Å². The van der Waals surface area contributed by atoms with Crippen LogP contribution in [-0.4, -0.2) is 23.5 Å². The predicted molar refractivity (Wildman–Crippen MR) is 62.9 cm³/mol. The van der Waals surface area contributed by atoms with Crippen molar-refractivity contribution in [2.75, 3.05) is 11.4 Å². The highest BCUT2D eigenvalue weighted by Crippen LogP contribution is 2.29. The molecule has 1 aliphatic rings. The lowest BCUT2D eigenvalue weighted by molar-refractivity contribution is -0.117. The second kappa shape index (κ2) is 4.30. The number of fused-ring (bicyclic) bond motifs is 1. The first-order chi connectivity index (χ1) is 8.13. The van der Waals surface area contributed by atoms with Crippen LogP contribution >= 0.6 is 0 Å². The quantitative estimate of drug-likeness (QED) is 0.777. The molecule has 0 aromatic heterocycles. The lowest BCUT2D eigenvalue weighted by atomic mass is 10.1. The zero-order valence-electron chi connectivity index (χ0n) is 9.36. The third-order valence-corrected chi connectivity index (χ3v) is 2.68. The first kappa shape index (κ1) is 11.2. The number of carboxylic acid groups (broad SMARTS) is 1. The van der Waals surface area contributed by atoms with Gasteiger partial charge in [-0.3, -0.25) is 4.79 Å². The van der Waals surface area contributed by atoms with Crippen LogP contribution in [0, 0.1) is 11.8 Å². The van der Waals surface area contributed by atoms with E-state index in [9.17, 15) is 9.59 Å². The van der Waals surface area contributed by atoms with Crippen molar-refractivity contribution in [1.82, 2.24) is 0 Å². The summed E-state index contributed by atoms with van der Waals surface area (Å²) in [6.07, 6.45) is 0.320. The highest BCUT2D eigenvalue weighted by atomic mass is 16.4. The molecule has 0 bridgehead atoms. The van der Waals surface area contributed by atoms with Crippen molar-refractivity contribution in [3.8, 4) is 11.8 Å². The van der Waals surface area contributed by atoms with Crippen molar-refractivity contribution in [2.45, 2.75) is 13.3 Å². The largest absolute Gasteiger partial charge is 0.478 e. The van der Waals surface area contributed by atoms with Gasteiger partial charge in [-0.25, -0.2) is 4.79 Å². The third-order valence-electron chi connectivity index (χ3n) is 2.68. The van der Waals surface area contributed by atoms with Crippen LogP contribution in [0.3, 0.4) is 0 Å². The number of anilines is 1.